The van der Waals surface area contributed by atoms with Crippen LogP contribution in [-0.2, 0) is 13.0 Å². The number of fused-ring (bicyclic) bond motifs is 2. The van der Waals surface area contributed by atoms with Crippen molar-refractivity contribution in [3.8, 4) is 11.4 Å². The predicted molar refractivity (Wildman–Crippen MR) is 113 cm³/mol. The molecule has 0 atom stereocenters. The molecule has 0 radical (unpaired) electrons. The minimum absolute atomic E-state index is 0.266. The summed E-state index contributed by atoms with van der Waals surface area (Å²) in [6.45, 7) is 0.780. The molecule has 0 bridgehead atoms. The van der Waals surface area contributed by atoms with Gasteiger partial charge in [-0.25, -0.2) is 14.4 Å². The smallest absolute Gasteiger partial charge is 0.277 e. The zero-order valence-electron chi connectivity index (χ0n) is 15.7. The van der Waals surface area contributed by atoms with Gasteiger partial charge in [0, 0.05) is 12.1 Å². The van der Waals surface area contributed by atoms with Crippen molar-refractivity contribution in [2.24, 2.45) is 0 Å². The number of thiazole rings is 1. The van der Waals surface area contributed by atoms with Crippen molar-refractivity contribution < 1.29 is 9.18 Å². The maximum absolute atomic E-state index is 13.8. The van der Waals surface area contributed by atoms with E-state index in [1.807, 2.05) is 30.3 Å². The van der Waals surface area contributed by atoms with Gasteiger partial charge >= 0.3 is 0 Å². The van der Waals surface area contributed by atoms with Crippen LogP contribution in [-0.4, -0.2) is 20.4 Å². The lowest BCUT2D eigenvalue weighted by Crippen LogP contribution is -2.15. The molecule has 5 nitrogen and oxygen atoms in total. The number of aromatic nitrogens is 3. The number of imidazole rings is 1. The van der Waals surface area contributed by atoms with Gasteiger partial charge in [-0.15, -0.1) is 0 Å². The maximum atomic E-state index is 13.8. The molecule has 1 aliphatic heterocycles. The Labute approximate surface area is 171 Å². The number of benzene rings is 2. The van der Waals surface area contributed by atoms with Gasteiger partial charge in [0.15, 0.2) is 5.13 Å². The van der Waals surface area contributed by atoms with Crippen molar-refractivity contribution in [1.82, 2.24) is 14.5 Å². The van der Waals surface area contributed by atoms with Crippen LogP contribution in [0.3, 0.4) is 0 Å². The third-order valence-electron chi connectivity index (χ3n) is 5.18. The summed E-state index contributed by atoms with van der Waals surface area (Å²) in [5.41, 5.74) is 2.87. The van der Waals surface area contributed by atoms with Crippen molar-refractivity contribution in [3.63, 3.8) is 0 Å². The number of halogens is 1. The van der Waals surface area contributed by atoms with Gasteiger partial charge in [0.05, 0.1) is 15.9 Å². The third-order valence-corrected chi connectivity index (χ3v) is 6.13. The van der Waals surface area contributed by atoms with Crippen molar-refractivity contribution in [2.45, 2.75) is 32.2 Å². The lowest BCUT2D eigenvalue weighted by Gasteiger charge is -2.09. The van der Waals surface area contributed by atoms with Gasteiger partial charge in [0.2, 0.25) is 0 Å². The topological polar surface area (TPSA) is 59.8 Å². The average molecular weight is 406 g/mol. The second-order valence-corrected chi connectivity index (χ2v) is 8.17. The molecular formula is C22H19FN4OS. The van der Waals surface area contributed by atoms with Gasteiger partial charge < -0.3 is 4.57 Å². The van der Waals surface area contributed by atoms with Crippen LogP contribution in [0.5, 0.6) is 0 Å². The SMILES string of the molecule is O=C(Nc1nc2ccccc2s1)c1nc(-c2cccc(F)c2)n2c1CCCCC2. The molecule has 146 valence electrons. The Morgan fingerprint density at radius 2 is 1.97 bits per heavy atom. The molecule has 29 heavy (non-hydrogen) atoms. The van der Waals surface area contributed by atoms with E-state index in [9.17, 15) is 9.18 Å². The summed E-state index contributed by atoms with van der Waals surface area (Å²) in [7, 11) is 0. The van der Waals surface area contributed by atoms with E-state index in [2.05, 4.69) is 19.9 Å². The van der Waals surface area contributed by atoms with E-state index in [1.165, 1.54) is 23.5 Å². The minimum Gasteiger partial charge on any atom is -0.327 e. The van der Waals surface area contributed by atoms with E-state index >= 15 is 0 Å². The van der Waals surface area contributed by atoms with E-state index in [4.69, 9.17) is 0 Å². The number of nitrogens with one attached hydrogen (secondary N) is 1. The number of carbonyl (C=O) groups is 1. The Balaban J connectivity index is 1.54. The molecule has 1 N–H and O–H groups in total. The summed E-state index contributed by atoms with van der Waals surface area (Å²) in [6.07, 6.45) is 3.91. The van der Waals surface area contributed by atoms with E-state index < -0.39 is 0 Å². The van der Waals surface area contributed by atoms with Crippen molar-refractivity contribution in [1.29, 1.82) is 0 Å². The standard InChI is InChI=1S/C22H19FN4OS/c23-15-8-6-7-14(13-15)20-25-19(17-10-2-1-5-12-27(17)20)21(28)26-22-24-16-9-3-4-11-18(16)29-22/h3-4,6-9,11,13H,1-2,5,10,12H2,(H,24,26,28). The lowest BCUT2D eigenvalue weighted by atomic mass is 10.1. The Bertz CT molecular complexity index is 1180. The molecule has 2 aromatic heterocycles. The third kappa shape index (κ3) is 3.42. The van der Waals surface area contributed by atoms with Crippen molar-refractivity contribution in [2.75, 3.05) is 5.32 Å². The number of para-hydroxylation sites is 1. The summed E-state index contributed by atoms with van der Waals surface area (Å²) in [5.74, 6) is 0.0714. The number of rotatable bonds is 3. The van der Waals surface area contributed by atoms with Crippen LogP contribution >= 0.6 is 11.3 Å². The Kier molecular flexibility index (Phi) is 4.60. The summed E-state index contributed by atoms with van der Waals surface area (Å²) in [6, 6.07) is 14.2. The molecular weight excluding hydrogens is 387 g/mol. The first-order valence-corrected chi connectivity index (χ1v) is 10.5. The molecule has 2 aromatic carbocycles. The second kappa shape index (κ2) is 7.40. The summed E-state index contributed by atoms with van der Waals surface area (Å²) < 4.78 is 16.9. The second-order valence-electron chi connectivity index (χ2n) is 7.14. The number of hydrogen-bond donors (Lipinski definition) is 1. The lowest BCUT2D eigenvalue weighted by molar-refractivity contribution is 0.102. The highest BCUT2D eigenvalue weighted by molar-refractivity contribution is 7.22. The van der Waals surface area contributed by atoms with Crippen LogP contribution in [0.2, 0.25) is 0 Å². The molecule has 0 saturated heterocycles. The summed E-state index contributed by atoms with van der Waals surface area (Å²) in [4.78, 5) is 22.2. The largest absolute Gasteiger partial charge is 0.327 e. The molecule has 7 heteroatoms. The van der Waals surface area contributed by atoms with E-state index in [-0.39, 0.29) is 11.7 Å². The number of amides is 1. The van der Waals surface area contributed by atoms with E-state index in [0.717, 1.165) is 48.1 Å². The van der Waals surface area contributed by atoms with E-state index in [0.29, 0.717) is 22.2 Å². The van der Waals surface area contributed by atoms with Gasteiger partial charge in [0.1, 0.15) is 17.3 Å². The molecule has 0 aliphatic carbocycles. The quantitative estimate of drug-likeness (QED) is 0.504. The van der Waals surface area contributed by atoms with Crippen LogP contribution in [0.4, 0.5) is 9.52 Å². The maximum Gasteiger partial charge on any atom is 0.277 e. The predicted octanol–water partition coefficient (Wildman–Crippen LogP) is 5.28. The zero-order valence-corrected chi connectivity index (χ0v) is 16.5. The minimum atomic E-state index is -0.311. The summed E-state index contributed by atoms with van der Waals surface area (Å²) in [5, 5.41) is 3.47. The van der Waals surface area contributed by atoms with Crippen LogP contribution in [0.15, 0.2) is 48.5 Å². The van der Waals surface area contributed by atoms with Gasteiger partial charge in [-0.05, 0) is 43.5 Å². The Hall–Kier alpha value is -3.06. The summed E-state index contributed by atoms with van der Waals surface area (Å²) >= 11 is 1.44. The van der Waals surface area contributed by atoms with Gasteiger partial charge in [-0.1, -0.05) is 42.0 Å². The number of carbonyl (C=O) groups excluding carboxylic acids is 1. The first kappa shape index (κ1) is 18.0. The highest BCUT2D eigenvalue weighted by Crippen LogP contribution is 2.29. The van der Waals surface area contributed by atoms with Gasteiger partial charge in [-0.2, -0.15) is 0 Å². The molecule has 1 aliphatic rings. The normalized spacial score (nSPS) is 13.8. The van der Waals surface area contributed by atoms with Crippen LogP contribution < -0.4 is 5.32 Å². The fourth-order valence-electron chi connectivity index (χ4n) is 3.83. The average Bonchev–Trinajstić information content (AvgIpc) is 3.20. The van der Waals surface area contributed by atoms with Crippen LogP contribution in [0.25, 0.3) is 21.6 Å². The molecule has 0 saturated carbocycles. The Morgan fingerprint density at radius 1 is 1.07 bits per heavy atom. The van der Waals surface area contributed by atoms with Crippen molar-refractivity contribution >= 4 is 32.6 Å². The zero-order chi connectivity index (χ0) is 19.8. The number of anilines is 1. The van der Waals surface area contributed by atoms with E-state index in [1.54, 1.807) is 6.07 Å². The highest BCUT2D eigenvalue weighted by Gasteiger charge is 2.25. The number of hydrogen-bond acceptors (Lipinski definition) is 4. The fourth-order valence-corrected chi connectivity index (χ4v) is 4.69. The molecule has 0 unspecified atom stereocenters. The van der Waals surface area contributed by atoms with Gasteiger partial charge in [0.25, 0.3) is 5.91 Å². The molecule has 4 aromatic rings. The fraction of sp³-hybridized carbons (Fsp3) is 0.227. The molecule has 1 amide bonds. The number of nitrogens with zero attached hydrogens (tertiary/aromatic N) is 3. The Morgan fingerprint density at radius 3 is 2.83 bits per heavy atom. The molecule has 5 rings (SSSR count). The molecule has 0 spiro atoms. The molecule has 0 fully saturated rings. The van der Waals surface area contributed by atoms with Gasteiger partial charge in [-0.3, -0.25) is 10.1 Å². The van der Waals surface area contributed by atoms with Crippen LogP contribution in [0, 0.1) is 5.82 Å². The monoisotopic (exact) mass is 406 g/mol. The first-order valence-electron chi connectivity index (χ1n) is 9.71. The molecule has 3 heterocycles. The van der Waals surface area contributed by atoms with Crippen molar-refractivity contribution in [3.05, 3.63) is 65.7 Å². The first-order chi connectivity index (χ1) is 14.2. The van der Waals surface area contributed by atoms with Crippen LogP contribution in [0.1, 0.15) is 35.4 Å². The highest BCUT2D eigenvalue weighted by atomic mass is 32.1.